The average molecular weight is 239 g/mol. The fourth-order valence-electron chi connectivity index (χ4n) is 3.09. The summed E-state index contributed by atoms with van der Waals surface area (Å²) in [5.41, 5.74) is 1.35. The van der Waals surface area contributed by atoms with Crippen LogP contribution in [0.5, 0.6) is 0 Å². The van der Waals surface area contributed by atoms with Gasteiger partial charge in [0, 0.05) is 12.6 Å². The first-order valence-electron chi connectivity index (χ1n) is 7.10. The fourth-order valence-corrected chi connectivity index (χ4v) is 3.09. The van der Waals surface area contributed by atoms with Crippen molar-refractivity contribution in [2.24, 2.45) is 0 Å². The van der Waals surface area contributed by atoms with Crippen molar-refractivity contribution in [3.8, 4) is 0 Å². The first-order valence-corrected chi connectivity index (χ1v) is 7.10. The minimum absolute atomic E-state index is 0.0806. The number of hydrogen-bond acceptors (Lipinski definition) is 2. The van der Waals surface area contributed by atoms with Crippen molar-refractivity contribution in [1.29, 1.82) is 0 Å². The standard InChI is InChI=1S/C15H29NO/c1-5-17-15(11-7-6-8-12-15)14(16-4)10-9-13(2)3/h14,16H,2,5-12H2,1,3-4H3. The summed E-state index contributed by atoms with van der Waals surface area (Å²) in [6.45, 7) is 9.06. The van der Waals surface area contributed by atoms with Crippen LogP contribution < -0.4 is 5.32 Å². The molecule has 0 aromatic heterocycles. The maximum Gasteiger partial charge on any atom is 0.0834 e. The molecule has 1 saturated carbocycles. The highest BCUT2D eigenvalue weighted by Crippen LogP contribution is 2.36. The number of allylic oxidation sites excluding steroid dienone is 1. The zero-order chi connectivity index (χ0) is 12.7. The van der Waals surface area contributed by atoms with Crippen molar-refractivity contribution in [3.05, 3.63) is 12.2 Å². The van der Waals surface area contributed by atoms with Gasteiger partial charge in [0.1, 0.15) is 0 Å². The van der Waals surface area contributed by atoms with Crippen LogP contribution in [0.3, 0.4) is 0 Å². The maximum absolute atomic E-state index is 6.16. The summed E-state index contributed by atoms with van der Waals surface area (Å²) in [5.74, 6) is 0. The van der Waals surface area contributed by atoms with Crippen LogP contribution in [0.4, 0.5) is 0 Å². The van der Waals surface area contributed by atoms with E-state index in [9.17, 15) is 0 Å². The van der Waals surface area contributed by atoms with E-state index in [-0.39, 0.29) is 5.60 Å². The molecule has 2 nitrogen and oxygen atoms in total. The molecule has 0 heterocycles. The molecule has 0 spiro atoms. The van der Waals surface area contributed by atoms with Crippen LogP contribution in [0.15, 0.2) is 12.2 Å². The number of ether oxygens (including phenoxy) is 1. The summed E-state index contributed by atoms with van der Waals surface area (Å²) in [7, 11) is 2.07. The van der Waals surface area contributed by atoms with Crippen LogP contribution in [0, 0.1) is 0 Å². The maximum atomic E-state index is 6.16. The van der Waals surface area contributed by atoms with Gasteiger partial charge in [0.2, 0.25) is 0 Å². The predicted octanol–water partition coefficient (Wildman–Crippen LogP) is 3.67. The monoisotopic (exact) mass is 239 g/mol. The molecule has 0 saturated heterocycles. The van der Waals surface area contributed by atoms with Gasteiger partial charge in [-0.05, 0) is 46.6 Å². The molecule has 1 N–H and O–H groups in total. The predicted molar refractivity (Wildman–Crippen MR) is 74.3 cm³/mol. The summed E-state index contributed by atoms with van der Waals surface area (Å²) in [4.78, 5) is 0. The van der Waals surface area contributed by atoms with Crippen molar-refractivity contribution in [2.75, 3.05) is 13.7 Å². The van der Waals surface area contributed by atoms with Crippen LogP contribution >= 0.6 is 0 Å². The molecule has 1 aliphatic carbocycles. The smallest absolute Gasteiger partial charge is 0.0834 e. The van der Waals surface area contributed by atoms with E-state index >= 15 is 0 Å². The quantitative estimate of drug-likeness (QED) is 0.684. The van der Waals surface area contributed by atoms with Gasteiger partial charge in [-0.3, -0.25) is 0 Å². The summed E-state index contributed by atoms with van der Waals surface area (Å²) >= 11 is 0. The lowest BCUT2D eigenvalue weighted by Gasteiger charge is -2.43. The molecule has 1 aliphatic rings. The van der Waals surface area contributed by atoms with Gasteiger partial charge in [-0.1, -0.05) is 24.8 Å². The van der Waals surface area contributed by atoms with Crippen molar-refractivity contribution >= 4 is 0 Å². The highest BCUT2D eigenvalue weighted by Gasteiger charge is 2.39. The Morgan fingerprint density at radius 3 is 2.47 bits per heavy atom. The van der Waals surface area contributed by atoms with Gasteiger partial charge in [-0.25, -0.2) is 0 Å². The van der Waals surface area contributed by atoms with Gasteiger partial charge in [0.05, 0.1) is 5.60 Å². The van der Waals surface area contributed by atoms with Crippen LogP contribution in [0.2, 0.25) is 0 Å². The van der Waals surface area contributed by atoms with Crippen molar-refractivity contribution in [2.45, 2.75) is 70.4 Å². The van der Waals surface area contributed by atoms with Gasteiger partial charge >= 0.3 is 0 Å². The Morgan fingerprint density at radius 1 is 1.35 bits per heavy atom. The summed E-state index contributed by atoms with van der Waals surface area (Å²) in [6, 6.07) is 0.472. The molecule has 0 aromatic rings. The van der Waals surface area contributed by atoms with E-state index in [1.165, 1.54) is 37.7 Å². The molecule has 1 fully saturated rings. The third kappa shape index (κ3) is 4.11. The van der Waals surface area contributed by atoms with Crippen molar-refractivity contribution < 1.29 is 4.74 Å². The molecule has 1 atom stereocenters. The number of nitrogens with one attached hydrogen (secondary N) is 1. The average Bonchev–Trinajstić information content (AvgIpc) is 2.31. The van der Waals surface area contributed by atoms with Crippen LogP contribution in [-0.2, 0) is 4.74 Å². The van der Waals surface area contributed by atoms with E-state index in [4.69, 9.17) is 4.74 Å². The third-order valence-electron chi connectivity index (χ3n) is 3.98. The van der Waals surface area contributed by atoms with E-state index in [1.807, 2.05) is 0 Å². The third-order valence-corrected chi connectivity index (χ3v) is 3.98. The molecule has 0 bridgehead atoms. The molecule has 0 amide bonds. The Morgan fingerprint density at radius 2 is 2.00 bits per heavy atom. The molecule has 1 unspecified atom stereocenters. The van der Waals surface area contributed by atoms with Crippen LogP contribution in [-0.4, -0.2) is 25.3 Å². The first-order chi connectivity index (χ1) is 8.14. The zero-order valence-corrected chi connectivity index (χ0v) is 11.8. The van der Waals surface area contributed by atoms with Crippen LogP contribution in [0.25, 0.3) is 0 Å². The SMILES string of the molecule is C=C(C)CCC(NC)C1(OCC)CCCCC1. The molecular formula is C15H29NO. The van der Waals surface area contributed by atoms with Crippen molar-refractivity contribution in [3.63, 3.8) is 0 Å². The lowest BCUT2D eigenvalue weighted by molar-refractivity contribution is -0.0899. The molecular weight excluding hydrogens is 210 g/mol. The van der Waals surface area contributed by atoms with Gasteiger partial charge in [0.25, 0.3) is 0 Å². The zero-order valence-electron chi connectivity index (χ0n) is 11.8. The summed E-state index contributed by atoms with van der Waals surface area (Å²) in [6.07, 6.45) is 8.65. The van der Waals surface area contributed by atoms with E-state index in [1.54, 1.807) is 0 Å². The Hall–Kier alpha value is -0.340. The molecule has 17 heavy (non-hydrogen) atoms. The van der Waals surface area contributed by atoms with Gasteiger partial charge in [-0.15, -0.1) is 6.58 Å². The Labute approximate surface area is 107 Å². The molecule has 100 valence electrons. The Balaban J connectivity index is 2.67. The van der Waals surface area contributed by atoms with Crippen LogP contribution in [0.1, 0.15) is 58.8 Å². The molecule has 2 heteroatoms. The molecule has 0 aromatic carbocycles. The van der Waals surface area contributed by atoms with E-state index < -0.39 is 0 Å². The topological polar surface area (TPSA) is 21.3 Å². The second kappa shape index (κ2) is 7.17. The minimum atomic E-state index is 0.0806. The normalized spacial score (nSPS) is 21.1. The molecule has 1 rings (SSSR count). The van der Waals surface area contributed by atoms with E-state index in [0.717, 1.165) is 19.4 Å². The summed E-state index contributed by atoms with van der Waals surface area (Å²) in [5, 5.41) is 3.49. The highest BCUT2D eigenvalue weighted by molar-refractivity contribution is 4.98. The first kappa shape index (κ1) is 14.7. The van der Waals surface area contributed by atoms with Gasteiger partial charge in [0.15, 0.2) is 0 Å². The van der Waals surface area contributed by atoms with Gasteiger partial charge < -0.3 is 10.1 Å². The lowest BCUT2D eigenvalue weighted by atomic mass is 9.77. The number of rotatable bonds is 7. The minimum Gasteiger partial charge on any atom is -0.374 e. The molecule has 0 radical (unpaired) electrons. The van der Waals surface area contributed by atoms with E-state index in [2.05, 4.69) is 32.8 Å². The van der Waals surface area contributed by atoms with E-state index in [0.29, 0.717) is 6.04 Å². The number of hydrogen-bond donors (Lipinski definition) is 1. The highest BCUT2D eigenvalue weighted by atomic mass is 16.5. The Kier molecular flexibility index (Phi) is 6.21. The largest absolute Gasteiger partial charge is 0.374 e. The van der Waals surface area contributed by atoms with Crippen molar-refractivity contribution in [1.82, 2.24) is 5.32 Å². The summed E-state index contributed by atoms with van der Waals surface area (Å²) < 4.78 is 6.16. The Bertz CT molecular complexity index is 226. The second-order valence-corrected chi connectivity index (χ2v) is 5.40. The second-order valence-electron chi connectivity index (χ2n) is 5.40. The fraction of sp³-hybridized carbons (Fsp3) is 0.867. The van der Waals surface area contributed by atoms with Gasteiger partial charge in [-0.2, -0.15) is 0 Å². The lowest BCUT2D eigenvalue weighted by Crippen LogP contribution is -2.52. The molecule has 0 aliphatic heterocycles. The number of likely N-dealkylation sites (N-methyl/N-ethyl adjacent to an activating group) is 1.